The summed E-state index contributed by atoms with van der Waals surface area (Å²) in [5, 5.41) is 10.0. The van der Waals surface area contributed by atoms with Crippen LogP contribution in [0.15, 0.2) is 42.7 Å². The van der Waals surface area contributed by atoms with Crippen molar-refractivity contribution in [3.8, 4) is 0 Å². The lowest BCUT2D eigenvalue weighted by Crippen LogP contribution is -2.02. The number of hydrogen-bond donors (Lipinski definition) is 1. The van der Waals surface area contributed by atoms with Crippen molar-refractivity contribution >= 4 is 0 Å². The lowest BCUT2D eigenvalue weighted by molar-refractivity contribution is 0.178. The summed E-state index contributed by atoms with van der Waals surface area (Å²) in [5.41, 5.74) is 2.24. The zero-order valence-corrected chi connectivity index (χ0v) is 9.60. The molecule has 1 atom stereocenters. The van der Waals surface area contributed by atoms with Crippen molar-refractivity contribution in [3.63, 3.8) is 0 Å². The molecule has 0 bridgehead atoms. The SMILES string of the molecule is Cc1cc(C(O)Cc2cccnc2)ccc1F. The number of nitrogens with zero attached hydrogens (tertiary/aromatic N) is 1. The van der Waals surface area contributed by atoms with Crippen molar-refractivity contribution in [1.29, 1.82) is 0 Å². The first kappa shape index (κ1) is 11.7. The van der Waals surface area contributed by atoms with E-state index in [0.29, 0.717) is 12.0 Å². The average Bonchev–Trinajstić information content (AvgIpc) is 2.34. The third kappa shape index (κ3) is 2.88. The molecule has 2 rings (SSSR count). The van der Waals surface area contributed by atoms with Crippen molar-refractivity contribution < 1.29 is 9.50 Å². The summed E-state index contributed by atoms with van der Waals surface area (Å²) in [6.07, 6.45) is 3.27. The fourth-order valence-electron chi connectivity index (χ4n) is 1.74. The van der Waals surface area contributed by atoms with E-state index in [1.54, 1.807) is 31.5 Å². The van der Waals surface area contributed by atoms with Gasteiger partial charge in [0.2, 0.25) is 0 Å². The van der Waals surface area contributed by atoms with Crippen molar-refractivity contribution in [2.45, 2.75) is 19.4 Å². The molecule has 17 heavy (non-hydrogen) atoms. The van der Waals surface area contributed by atoms with Crippen LogP contribution in [0.4, 0.5) is 4.39 Å². The molecule has 0 saturated carbocycles. The van der Waals surface area contributed by atoms with Gasteiger partial charge in [-0.1, -0.05) is 18.2 Å². The first-order chi connectivity index (χ1) is 8.16. The van der Waals surface area contributed by atoms with Crippen LogP contribution in [0.3, 0.4) is 0 Å². The van der Waals surface area contributed by atoms with Crippen LogP contribution in [0.2, 0.25) is 0 Å². The van der Waals surface area contributed by atoms with E-state index in [9.17, 15) is 9.50 Å². The van der Waals surface area contributed by atoms with E-state index < -0.39 is 6.10 Å². The van der Waals surface area contributed by atoms with Crippen LogP contribution < -0.4 is 0 Å². The predicted molar refractivity (Wildman–Crippen MR) is 64.0 cm³/mol. The summed E-state index contributed by atoms with van der Waals surface area (Å²) in [6.45, 7) is 1.69. The van der Waals surface area contributed by atoms with Gasteiger partial charge in [-0.05, 0) is 35.7 Å². The topological polar surface area (TPSA) is 33.1 Å². The third-order valence-corrected chi connectivity index (χ3v) is 2.72. The molecule has 1 N–H and O–H groups in total. The maximum absolute atomic E-state index is 13.1. The summed E-state index contributed by atoms with van der Waals surface area (Å²) < 4.78 is 13.1. The molecule has 1 unspecified atom stereocenters. The van der Waals surface area contributed by atoms with E-state index in [0.717, 1.165) is 11.1 Å². The zero-order chi connectivity index (χ0) is 12.3. The number of aliphatic hydroxyl groups is 1. The maximum atomic E-state index is 13.1. The summed E-state index contributed by atoms with van der Waals surface area (Å²) in [4.78, 5) is 3.99. The van der Waals surface area contributed by atoms with E-state index in [-0.39, 0.29) is 5.82 Å². The molecule has 1 aromatic carbocycles. The molecule has 1 aromatic heterocycles. The van der Waals surface area contributed by atoms with Crippen molar-refractivity contribution in [3.05, 3.63) is 65.2 Å². The minimum Gasteiger partial charge on any atom is -0.388 e. The van der Waals surface area contributed by atoms with Gasteiger partial charge in [0.25, 0.3) is 0 Å². The predicted octanol–water partition coefficient (Wildman–Crippen LogP) is 2.81. The molecule has 0 saturated heterocycles. The average molecular weight is 231 g/mol. The summed E-state index contributed by atoms with van der Waals surface area (Å²) in [7, 11) is 0. The van der Waals surface area contributed by atoms with E-state index in [1.165, 1.54) is 6.07 Å². The molecular weight excluding hydrogens is 217 g/mol. The smallest absolute Gasteiger partial charge is 0.126 e. The van der Waals surface area contributed by atoms with Crippen LogP contribution >= 0.6 is 0 Å². The van der Waals surface area contributed by atoms with Gasteiger partial charge in [-0.2, -0.15) is 0 Å². The maximum Gasteiger partial charge on any atom is 0.126 e. The molecule has 0 amide bonds. The molecule has 0 aliphatic heterocycles. The Morgan fingerprint density at radius 2 is 2.18 bits per heavy atom. The fraction of sp³-hybridized carbons (Fsp3) is 0.214. The van der Waals surface area contributed by atoms with Crippen LogP contribution in [0.1, 0.15) is 22.8 Å². The van der Waals surface area contributed by atoms with Crippen LogP contribution in [0.25, 0.3) is 0 Å². The van der Waals surface area contributed by atoms with Gasteiger partial charge in [0.05, 0.1) is 6.10 Å². The Morgan fingerprint density at radius 3 is 2.82 bits per heavy atom. The Hall–Kier alpha value is -1.74. The largest absolute Gasteiger partial charge is 0.388 e. The number of aromatic nitrogens is 1. The van der Waals surface area contributed by atoms with E-state index >= 15 is 0 Å². The number of pyridine rings is 1. The highest BCUT2D eigenvalue weighted by Gasteiger charge is 2.10. The highest BCUT2D eigenvalue weighted by Crippen LogP contribution is 2.20. The van der Waals surface area contributed by atoms with Crippen LogP contribution in [-0.2, 0) is 6.42 Å². The molecule has 0 spiro atoms. The number of benzene rings is 1. The Kier molecular flexibility index (Phi) is 3.49. The molecular formula is C14H14FNO. The number of halogens is 1. The van der Waals surface area contributed by atoms with E-state index in [2.05, 4.69) is 4.98 Å². The molecule has 0 aliphatic rings. The lowest BCUT2D eigenvalue weighted by atomic mass is 10.0. The molecule has 88 valence electrons. The Balaban J connectivity index is 2.14. The van der Waals surface area contributed by atoms with Crippen molar-refractivity contribution in [2.75, 3.05) is 0 Å². The normalized spacial score (nSPS) is 12.4. The summed E-state index contributed by atoms with van der Waals surface area (Å²) in [5.74, 6) is -0.248. The monoisotopic (exact) mass is 231 g/mol. The van der Waals surface area contributed by atoms with Gasteiger partial charge in [0.15, 0.2) is 0 Å². The van der Waals surface area contributed by atoms with E-state index in [1.807, 2.05) is 12.1 Å². The zero-order valence-electron chi connectivity index (χ0n) is 9.60. The minimum atomic E-state index is -0.626. The van der Waals surface area contributed by atoms with Gasteiger partial charge in [0.1, 0.15) is 5.82 Å². The number of rotatable bonds is 3. The second kappa shape index (κ2) is 5.06. The van der Waals surface area contributed by atoms with Crippen LogP contribution in [-0.4, -0.2) is 10.1 Å². The number of aliphatic hydroxyl groups excluding tert-OH is 1. The third-order valence-electron chi connectivity index (χ3n) is 2.72. The van der Waals surface area contributed by atoms with Gasteiger partial charge in [0, 0.05) is 18.8 Å². The Morgan fingerprint density at radius 1 is 1.35 bits per heavy atom. The Bertz CT molecular complexity index is 499. The molecule has 1 heterocycles. The lowest BCUT2D eigenvalue weighted by Gasteiger charge is -2.11. The van der Waals surface area contributed by atoms with Crippen molar-refractivity contribution in [1.82, 2.24) is 4.98 Å². The fourth-order valence-corrected chi connectivity index (χ4v) is 1.74. The molecule has 2 nitrogen and oxygen atoms in total. The highest BCUT2D eigenvalue weighted by atomic mass is 19.1. The van der Waals surface area contributed by atoms with E-state index in [4.69, 9.17) is 0 Å². The van der Waals surface area contributed by atoms with Crippen molar-refractivity contribution in [2.24, 2.45) is 0 Å². The molecule has 0 aliphatic carbocycles. The standard InChI is InChI=1S/C14H14FNO/c1-10-7-12(4-5-13(10)15)14(17)8-11-3-2-6-16-9-11/h2-7,9,14,17H,8H2,1H3. The first-order valence-corrected chi connectivity index (χ1v) is 5.50. The molecule has 0 fully saturated rings. The minimum absolute atomic E-state index is 0.248. The molecule has 0 radical (unpaired) electrons. The van der Waals surface area contributed by atoms with Crippen LogP contribution in [0.5, 0.6) is 0 Å². The van der Waals surface area contributed by atoms with Gasteiger partial charge >= 0.3 is 0 Å². The van der Waals surface area contributed by atoms with Gasteiger partial charge in [-0.15, -0.1) is 0 Å². The Labute approximate surface area is 99.8 Å². The molecule has 3 heteroatoms. The van der Waals surface area contributed by atoms with Gasteiger partial charge in [-0.3, -0.25) is 4.98 Å². The highest BCUT2D eigenvalue weighted by molar-refractivity contribution is 5.27. The quantitative estimate of drug-likeness (QED) is 0.881. The number of aryl methyl sites for hydroxylation is 1. The molecule has 2 aromatic rings. The number of hydrogen-bond acceptors (Lipinski definition) is 2. The first-order valence-electron chi connectivity index (χ1n) is 5.50. The summed E-state index contributed by atoms with van der Waals surface area (Å²) >= 11 is 0. The second-order valence-electron chi connectivity index (χ2n) is 4.09. The van der Waals surface area contributed by atoms with Gasteiger partial charge < -0.3 is 5.11 Å². The van der Waals surface area contributed by atoms with Gasteiger partial charge in [-0.25, -0.2) is 4.39 Å². The van der Waals surface area contributed by atoms with Crippen LogP contribution in [0, 0.1) is 12.7 Å². The second-order valence-corrected chi connectivity index (χ2v) is 4.09. The summed E-state index contributed by atoms with van der Waals surface area (Å²) in [6, 6.07) is 8.42.